The van der Waals surface area contributed by atoms with Crippen molar-refractivity contribution in [1.29, 1.82) is 0 Å². The number of aliphatic carboxylic acids is 1. The van der Waals surface area contributed by atoms with Gasteiger partial charge in [-0.15, -0.1) is 0 Å². The van der Waals surface area contributed by atoms with Gasteiger partial charge in [-0.3, -0.25) is 4.79 Å². The number of carbonyl (C=O) groups is 2. The van der Waals surface area contributed by atoms with Gasteiger partial charge in [0, 0.05) is 30.2 Å². The molecule has 0 saturated heterocycles. The van der Waals surface area contributed by atoms with Gasteiger partial charge in [0.05, 0.1) is 0 Å². The van der Waals surface area contributed by atoms with E-state index in [9.17, 15) is 32.3 Å². The van der Waals surface area contributed by atoms with Crippen LogP contribution in [0.1, 0.15) is 18.9 Å². The molecule has 0 amide bonds. The van der Waals surface area contributed by atoms with Gasteiger partial charge >= 0.3 is 12.1 Å². The first-order chi connectivity index (χ1) is 11.5. The second-order valence-corrected chi connectivity index (χ2v) is 5.52. The van der Waals surface area contributed by atoms with Gasteiger partial charge in [0.25, 0.3) is 0 Å². The molecule has 0 saturated carbocycles. The Morgan fingerprint density at radius 1 is 1.20 bits per heavy atom. The van der Waals surface area contributed by atoms with Crippen LogP contribution in [0.2, 0.25) is 0 Å². The van der Waals surface area contributed by atoms with E-state index in [1.54, 1.807) is 0 Å². The lowest BCUT2D eigenvalue weighted by Crippen LogP contribution is -2.46. The van der Waals surface area contributed by atoms with Crippen LogP contribution in [0.15, 0.2) is 41.5 Å². The molecule has 1 unspecified atom stereocenters. The first kappa shape index (κ1) is 18.9. The highest BCUT2D eigenvalue weighted by molar-refractivity contribution is 6.05. The van der Waals surface area contributed by atoms with Crippen molar-refractivity contribution in [2.75, 3.05) is 7.11 Å². The highest BCUT2D eigenvalue weighted by Crippen LogP contribution is 2.46. The Labute approximate surface area is 140 Å². The quantitative estimate of drug-likeness (QED) is 0.837. The zero-order chi connectivity index (χ0) is 19.0. The van der Waals surface area contributed by atoms with E-state index in [1.807, 2.05) is 0 Å². The second-order valence-electron chi connectivity index (χ2n) is 5.52. The third-order valence-electron chi connectivity index (χ3n) is 4.05. The average Bonchev–Trinajstić information content (AvgIpc) is 2.53. The molecule has 0 aliphatic heterocycles. The van der Waals surface area contributed by atoms with Gasteiger partial charge < -0.3 is 9.84 Å². The summed E-state index contributed by atoms with van der Waals surface area (Å²) < 4.78 is 58.1. The van der Waals surface area contributed by atoms with Crippen molar-refractivity contribution in [3.05, 3.63) is 52.9 Å². The molecule has 0 spiro atoms. The van der Waals surface area contributed by atoms with Gasteiger partial charge in [-0.1, -0.05) is 12.1 Å². The number of carbonyl (C=O) groups excluding carboxylic acids is 1. The van der Waals surface area contributed by atoms with Crippen LogP contribution in [-0.4, -0.2) is 35.7 Å². The van der Waals surface area contributed by atoms with Crippen LogP contribution in [0.5, 0.6) is 0 Å². The Morgan fingerprint density at radius 3 is 2.16 bits per heavy atom. The number of rotatable bonds is 4. The molecule has 1 N–H and O–H groups in total. The van der Waals surface area contributed by atoms with E-state index in [4.69, 9.17) is 4.74 Å². The maximum absolute atomic E-state index is 13.3. The number of Topliss-reactive ketones (excluding diaryl/α,β-unsaturated/α-hetero) is 1. The molecule has 1 aromatic carbocycles. The summed E-state index contributed by atoms with van der Waals surface area (Å²) in [5.74, 6) is -3.10. The SMILES string of the molecule is COC1(C(=O)O)CC(C(F)(F)F)=C(C(C)=O)C=C1c1ccc(F)cc1. The number of halogens is 4. The lowest BCUT2D eigenvalue weighted by molar-refractivity contribution is -0.157. The van der Waals surface area contributed by atoms with Crippen molar-refractivity contribution in [2.45, 2.75) is 25.1 Å². The van der Waals surface area contributed by atoms with Crippen LogP contribution >= 0.6 is 0 Å². The molecule has 1 atom stereocenters. The van der Waals surface area contributed by atoms with E-state index in [-0.39, 0.29) is 11.1 Å². The third-order valence-corrected chi connectivity index (χ3v) is 4.05. The average molecular weight is 358 g/mol. The van der Waals surface area contributed by atoms with Crippen LogP contribution in [-0.2, 0) is 14.3 Å². The number of methoxy groups -OCH3 is 1. The highest BCUT2D eigenvalue weighted by atomic mass is 19.4. The summed E-state index contributed by atoms with van der Waals surface area (Å²) in [6.07, 6.45) is -5.11. The minimum Gasteiger partial charge on any atom is -0.479 e. The van der Waals surface area contributed by atoms with E-state index in [0.717, 1.165) is 32.2 Å². The zero-order valence-electron chi connectivity index (χ0n) is 13.3. The van der Waals surface area contributed by atoms with E-state index in [0.29, 0.717) is 0 Å². The standard InChI is InChI=1S/C17H14F4O4/c1-9(22)12-7-13(10-3-5-11(18)6-4-10)16(25-2,15(23)24)8-14(12)17(19,20)21/h3-7H,8H2,1-2H3,(H,23,24). The predicted molar refractivity (Wildman–Crippen MR) is 80.1 cm³/mol. The molecular formula is C17H14F4O4. The van der Waals surface area contributed by atoms with Crippen LogP contribution in [0.4, 0.5) is 17.6 Å². The maximum atomic E-state index is 13.3. The number of ketones is 1. The monoisotopic (exact) mass is 358 g/mol. The molecule has 8 heteroatoms. The Balaban J connectivity index is 2.80. The highest BCUT2D eigenvalue weighted by Gasteiger charge is 2.52. The van der Waals surface area contributed by atoms with Crippen LogP contribution in [0.25, 0.3) is 5.57 Å². The van der Waals surface area contributed by atoms with Crippen molar-refractivity contribution in [3.8, 4) is 0 Å². The predicted octanol–water partition coefficient (Wildman–Crippen LogP) is 3.53. The van der Waals surface area contributed by atoms with Crippen LogP contribution in [0, 0.1) is 5.82 Å². The summed E-state index contributed by atoms with van der Waals surface area (Å²) in [5.41, 5.74) is -4.26. The zero-order valence-corrected chi connectivity index (χ0v) is 13.3. The number of carboxylic acids is 1. The van der Waals surface area contributed by atoms with Crippen LogP contribution in [0.3, 0.4) is 0 Å². The molecule has 0 heterocycles. The summed E-state index contributed by atoms with van der Waals surface area (Å²) in [5, 5.41) is 9.57. The molecule has 0 radical (unpaired) electrons. The third kappa shape index (κ3) is 3.34. The van der Waals surface area contributed by atoms with Crippen molar-refractivity contribution in [1.82, 2.24) is 0 Å². The van der Waals surface area contributed by atoms with Gasteiger partial charge in [0.15, 0.2) is 11.4 Å². The smallest absolute Gasteiger partial charge is 0.413 e. The second kappa shape index (κ2) is 6.44. The molecule has 2 rings (SSSR count). The minimum atomic E-state index is -4.90. The summed E-state index contributed by atoms with van der Waals surface area (Å²) >= 11 is 0. The number of allylic oxidation sites excluding steroid dienone is 2. The van der Waals surface area contributed by atoms with Crippen LogP contribution < -0.4 is 0 Å². The topological polar surface area (TPSA) is 63.6 Å². The minimum absolute atomic E-state index is 0.144. The van der Waals surface area contributed by atoms with E-state index in [1.165, 1.54) is 12.1 Å². The largest absolute Gasteiger partial charge is 0.479 e. The summed E-state index contributed by atoms with van der Waals surface area (Å²) in [4.78, 5) is 23.5. The molecule has 0 aromatic heterocycles. The first-order valence-corrected chi connectivity index (χ1v) is 7.11. The Morgan fingerprint density at radius 2 is 1.76 bits per heavy atom. The van der Waals surface area contributed by atoms with E-state index in [2.05, 4.69) is 0 Å². The fraction of sp³-hybridized carbons (Fsp3) is 0.294. The van der Waals surface area contributed by atoms with Crippen molar-refractivity contribution < 1.29 is 37.0 Å². The number of ether oxygens (including phenoxy) is 1. The van der Waals surface area contributed by atoms with E-state index < -0.39 is 46.9 Å². The molecule has 1 aliphatic rings. The number of hydrogen-bond acceptors (Lipinski definition) is 3. The molecule has 134 valence electrons. The first-order valence-electron chi connectivity index (χ1n) is 7.11. The molecule has 4 nitrogen and oxygen atoms in total. The lowest BCUT2D eigenvalue weighted by Gasteiger charge is -2.36. The molecule has 0 fully saturated rings. The molecule has 25 heavy (non-hydrogen) atoms. The maximum Gasteiger partial charge on any atom is 0.413 e. The fourth-order valence-corrected chi connectivity index (χ4v) is 2.76. The van der Waals surface area contributed by atoms with E-state index >= 15 is 0 Å². The summed E-state index contributed by atoms with van der Waals surface area (Å²) in [6.45, 7) is 0.959. The van der Waals surface area contributed by atoms with Crippen molar-refractivity contribution in [3.63, 3.8) is 0 Å². The number of hydrogen-bond donors (Lipinski definition) is 1. The van der Waals surface area contributed by atoms with Gasteiger partial charge in [-0.25, -0.2) is 9.18 Å². The Bertz CT molecular complexity index is 775. The van der Waals surface area contributed by atoms with Gasteiger partial charge in [-0.05, 0) is 30.7 Å². The molecule has 0 bridgehead atoms. The normalized spacial score (nSPS) is 21.1. The number of benzene rings is 1. The van der Waals surface area contributed by atoms with Gasteiger partial charge in [0.1, 0.15) is 5.82 Å². The summed E-state index contributed by atoms with van der Waals surface area (Å²) in [6, 6.07) is 4.51. The summed E-state index contributed by atoms with van der Waals surface area (Å²) in [7, 11) is 0.970. The number of alkyl halides is 3. The van der Waals surface area contributed by atoms with Gasteiger partial charge in [0.2, 0.25) is 0 Å². The Hall–Kier alpha value is -2.48. The number of carboxylic acid groups (broad SMARTS) is 1. The molecule has 1 aliphatic carbocycles. The van der Waals surface area contributed by atoms with Gasteiger partial charge in [-0.2, -0.15) is 13.2 Å². The van der Waals surface area contributed by atoms with Crippen molar-refractivity contribution in [2.24, 2.45) is 0 Å². The molecule has 1 aromatic rings. The van der Waals surface area contributed by atoms with Crippen molar-refractivity contribution >= 4 is 17.3 Å². The fourth-order valence-electron chi connectivity index (χ4n) is 2.76. The Kier molecular flexibility index (Phi) is 4.85. The molecular weight excluding hydrogens is 344 g/mol. The lowest BCUT2D eigenvalue weighted by atomic mass is 9.75.